The normalized spacial score (nSPS) is 16.1. The molecule has 24 heavy (non-hydrogen) atoms. The third-order valence-electron chi connectivity index (χ3n) is 4.31. The Morgan fingerprint density at radius 3 is 2.58 bits per heavy atom. The van der Waals surface area contributed by atoms with Crippen LogP contribution in [0.25, 0.3) is 0 Å². The molecule has 1 aromatic heterocycles. The van der Waals surface area contributed by atoms with E-state index in [1.807, 2.05) is 12.1 Å². The van der Waals surface area contributed by atoms with Gasteiger partial charge in [-0.2, -0.15) is 10.1 Å². The van der Waals surface area contributed by atoms with Gasteiger partial charge in [-0.05, 0) is 25.5 Å². The third kappa shape index (κ3) is 3.72. The highest BCUT2D eigenvalue weighted by molar-refractivity contribution is 5.50. The first-order valence-electron chi connectivity index (χ1n) is 8.38. The largest absolute Gasteiger partial charge is 0.366 e. The minimum atomic E-state index is -0.177. The van der Waals surface area contributed by atoms with E-state index in [-0.39, 0.29) is 5.82 Å². The Balaban J connectivity index is 1.64. The lowest BCUT2D eigenvalue weighted by Gasteiger charge is -2.36. The van der Waals surface area contributed by atoms with Crippen LogP contribution in [0.1, 0.15) is 20.3 Å². The summed E-state index contributed by atoms with van der Waals surface area (Å²) in [7, 11) is 0. The molecule has 128 valence electrons. The van der Waals surface area contributed by atoms with Crippen molar-refractivity contribution in [2.75, 3.05) is 41.3 Å². The van der Waals surface area contributed by atoms with Gasteiger partial charge >= 0.3 is 0 Å². The average Bonchev–Trinajstić information content (AvgIpc) is 2.62. The third-order valence-corrected chi connectivity index (χ3v) is 4.31. The van der Waals surface area contributed by atoms with Crippen molar-refractivity contribution >= 4 is 17.5 Å². The molecular formula is C17H23FN6. The predicted octanol–water partition coefficient (Wildman–Crippen LogP) is 2.55. The van der Waals surface area contributed by atoms with Crippen LogP contribution in [0.15, 0.2) is 30.5 Å². The summed E-state index contributed by atoms with van der Waals surface area (Å²) in [4.78, 5) is 8.69. The number of piperazine rings is 1. The summed E-state index contributed by atoms with van der Waals surface area (Å²) < 4.78 is 13.9. The minimum Gasteiger partial charge on any atom is -0.366 e. The molecule has 1 unspecified atom stereocenters. The molecule has 0 radical (unpaired) electrons. The second-order valence-corrected chi connectivity index (χ2v) is 6.02. The SMILES string of the molecule is CCC(C)Nc1cnnc(N2CCN(c3ccccc3F)CC2)n1. The number of benzene rings is 1. The molecule has 1 saturated heterocycles. The van der Waals surface area contributed by atoms with Crippen molar-refractivity contribution in [3.63, 3.8) is 0 Å². The molecule has 7 heteroatoms. The van der Waals surface area contributed by atoms with Crippen molar-refractivity contribution in [2.24, 2.45) is 0 Å². The van der Waals surface area contributed by atoms with Gasteiger partial charge in [0.2, 0.25) is 5.95 Å². The van der Waals surface area contributed by atoms with Gasteiger partial charge in [-0.15, -0.1) is 5.10 Å². The Labute approximate surface area is 141 Å². The smallest absolute Gasteiger partial charge is 0.247 e. The summed E-state index contributed by atoms with van der Waals surface area (Å²) in [5, 5.41) is 11.5. The molecule has 0 aliphatic carbocycles. The van der Waals surface area contributed by atoms with Gasteiger partial charge in [0.15, 0.2) is 5.82 Å². The van der Waals surface area contributed by atoms with Crippen molar-refractivity contribution in [1.29, 1.82) is 0 Å². The van der Waals surface area contributed by atoms with Gasteiger partial charge in [-0.25, -0.2) is 4.39 Å². The molecule has 1 aliphatic heterocycles. The maximum Gasteiger partial charge on any atom is 0.247 e. The summed E-state index contributed by atoms with van der Waals surface area (Å²) in [6.07, 6.45) is 2.66. The standard InChI is InChI=1S/C17H23FN6/c1-3-13(2)20-16-12-19-22-17(21-16)24-10-8-23(9-11-24)15-7-5-4-6-14(15)18/h4-7,12-13H,3,8-11H2,1-2H3,(H,20,21,22). The van der Waals surface area contributed by atoms with Crippen LogP contribution >= 0.6 is 0 Å². The average molecular weight is 330 g/mol. The van der Waals surface area contributed by atoms with Crippen LogP contribution in [0.2, 0.25) is 0 Å². The molecule has 0 amide bonds. The second kappa shape index (κ2) is 7.42. The maximum absolute atomic E-state index is 13.9. The number of hydrogen-bond donors (Lipinski definition) is 1. The van der Waals surface area contributed by atoms with E-state index < -0.39 is 0 Å². The quantitative estimate of drug-likeness (QED) is 0.909. The lowest BCUT2D eigenvalue weighted by atomic mass is 10.2. The van der Waals surface area contributed by atoms with E-state index in [9.17, 15) is 4.39 Å². The summed E-state index contributed by atoms with van der Waals surface area (Å²) in [5.74, 6) is 1.19. The fourth-order valence-electron chi connectivity index (χ4n) is 2.71. The topological polar surface area (TPSA) is 57.2 Å². The number of nitrogens with zero attached hydrogens (tertiary/aromatic N) is 5. The number of aromatic nitrogens is 3. The highest BCUT2D eigenvalue weighted by atomic mass is 19.1. The molecule has 2 heterocycles. The first-order chi connectivity index (χ1) is 11.7. The van der Waals surface area contributed by atoms with Crippen LogP contribution in [0.5, 0.6) is 0 Å². The summed E-state index contributed by atoms with van der Waals surface area (Å²) in [6.45, 7) is 7.16. The maximum atomic E-state index is 13.9. The van der Waals surface area contributed by atoms with Gasteiger partial charge in [0.1, 0.15) is 5.82 Å². The summed E-state index contributed by atoms with van der Waals surface area (Å²) in [6, 6.07) is 7.23. The first-order valence-corrected chi connectivity index (χ1v) is 8.38. The second-order valence-electron chi connectivity index (χ2n) is 6.02. The molecule has 0 bridgehead atoms. The molecule has 0 spiro atoms. The van der Waals surface area contributed by atoms with E-state index in [0.717, 1.165) is 38.4 Å². The zero-order valence-electron chi connectivity index (χ0n) is 14.1. The fourth-order valence-corrected chi connectivity index (χ4v) is 2.71. The fraction of sp³-hybridized carbons (Fsp3) is 0.471. The zero-order chi connectivity index (χ0) is 16.9. The highest BCUT2D eigenvalue weighted by Crippen LogP contribution is 2.21. The van der Waals surface area contributed by atoms with Gasteiger partial charge in [0, 0.05) is 32.2 Å². The lowest BCUT2D eigenvalue weighted by molar-refractivity contribution is 0.592. The molecule has 1 aliphatic rings. The summed E-state index contributed by atoms with van der Waals surface area (Å²) in [5.41, 5.74) is 0.656. The molecule has 1 aromatic carbocycles. The molecule has 1 N–H and O–H groups in total. The molecule has 1 fully saturated rings. The van der Waals surface area contributed by atoms with Crippen molar-refractivity contribution in [2.45, 2.75) is 26.3 Å². The van der Waals surface area contributed by atoms with Crippen LogP contribution in [0, 0.1) is 5.82 Å². The molecule has 6 nitrogen and oxygen atoms in total. The minimum absolute atomic E-state index is 0.177. The van der Waals surface area contributed by atoms with Crippen LogP contribution in [0.3, 0.4) is 0 Å². The molecule has 0 saturated carbocycles. The van der Waals surface area contributed by atoms with Crippen LogP contribution in [-0.4, -0.2) is 47.4 Å². The van der Waals surface area contributed by atoms with Gasteiger partial charge in [-0.3, -0.25) is 0 Å². The number of hydrogen-bond acceptors (Lipinski definition) is 6. The highest BCUT2D eigenvalue weighted by Gasteiger charge is 2.21. The number of nitrogens with one attached hydrogen (secondary N) is 1. The Kier molecular flexibility index (Phi) is 5.08. The van der Waals surface area contributed by atoms with Crippen LogP contribution in [0.4, 0.5) is 21.8 Å². The van der Waals surface area contributed by atoms with Crippen molar-refractivity contribution < 1.29 is 4.39 Å². The van der Waals surface area contributed by atoms with Crippen molar-refractivity contribution in [3.05, 3.63) is 36.3 Å². The molecule has 3 rings (SSSR count). The Bertz CT molecular complexity index is 672. The Morgan fingerprint density at radius 1 is 1.17 bits per heavy atom. The van der Waals surface area contributed by atoms with Crippen LogP contribution in [-0.2, 0) is 0 Å². The Morgan fingerprint density at radius 2 is 1.88 bits per heavy atom. The number of anilines is 3. The van der Waals surface area contributed by atoms with Crippen molar-refractivity contribution in [1.82, 2.24) is 15.2 Å². The van der Waals surface area contributed by atoms with E-state index in [0.29, 0.717) is 17.7 Å². The van der Waals surface area contributed by atoms with E-state index in [4.69, 9.17) is 0 Å². The van der Waals surface area contributed by atoms with E-state index in [2.05, 4.69) is 44.1 Å². The number of halogens is 1. The van der Waals surface area contributed by atoms with E-state index in [1.165, 1.54) is 6.07 Å². The monoisotopic (exact) mass is 330 g/mol. The van der Waals surface area contributed by atoms with Gasteiger partial charge in [0.25, 0.3) is 0 Å². The van der Waals surface area contributed by atoms with Gasteiger partial charge in [0.05, 0.1) is 11.9 Å². The Hall–Kier alpha value is -2.44. The first kappa shape index (κ1) is 16.4. The molecule has 2 aromatic rings. The number of rotatable bonds is 5. The summed E-state index contributed by atoms with van der Waals surface area (Å²) >= 11 is 0. The van der Waals surface area contributed by atoms with Gasteiger partial charge in [-0.1, -0.05) is 19.1 Å². The predicted molar refractivity (Wildman–Crippen MR) is 94.0 cm³/mol. The zero-order valence-corrected chi connectivity index (χ0v) is 14.1. The molecular weight excluding hydrogens is 307 g/mol. The molecule has 1 atom stereocenters. The number of para-hydroxylation sites is 1. The van der Waals surface area contributed by atoms with E-state index >= 15 is 0 Å². The van der Waals surface area contributed by atoms with Crippen LogP contribution < -0.4 is 15.1 Å². The van der Waals surface area contributed by atoms with Gasteiger partial charge < -0.3 is 15.1 Å². The van der Waals surface area contributed by atoms with E-state index in [1.54, 1.807) is 12.3 Å². The van der Waals surface area contributed by atoms with Crippen molar-refractivity contribution in [3.8, 4) is 0 Å². The lowest BCUT2D eigenvalue weighted by Crippen LogP contribution is -2.47.